The maximum absolute atomic E-state index is 12.7. The third kappa shape index (κ3) is 4.78. The lowest BCUT2D eigenvalue weighted by Crippen LogP contribution is -2.27. The summed E-state index contributed by atoms with van der Waals surface area (Å²) in [4.78, 5) is 37.4. The third-order valence-electron chi connectivity index (χ3n) is 4.19. The van der Waals surface area contributed by atoms with E-state index in [1.54, 1.807) is 24.3 Å². The molecule has 0 aliphatic carbocycles. The lowest BCUT2D eigenvalue weighted by molar-refractivity contribution is -0.144. The van der Waals surface area contributed by atoms with Crippen molar-refractivity contribution in [2.24, 2.45) is 0 Å². The average Bonchev–Trinajstić information content (AvgIpc) is 2.97. The van der Waals surface area contributed by atoms with Crippen LogP contribution in [-0.4, -0.2) is 40.3 Å². The normalized spacial score (nSPS) is 16.2. The molecule has 1 heterocycles. The quantitative estimate of drug-likeness (QED) is 0.691. The summed E-state index contributed by atoms with van der Waals surface area (Å²) >= 11 is 0.877. The fraction of sp³-hybridized carbons (Fsp3) is 0.190. The zero-order valence-electron chi connectivity index (χ0n) is 15.8. The second-order valence-electron chi connectivity index (χ2n) is 6.26. The second kappa shape index (κ2) is 8.83. The molecule has 1 atom stereocenters. The van der Waals surface area contributed by atoms with Gasteiger partial charge in [0, 0.05) is 0 Å². The van der Waals surface area contributed by atoms with Gasteiger partial charge in [-0.15, -0.1) is 0 Å². The van der Waals surface area contributed by atoms with Crippen molar-refractivity contribution in [3.63, 3.8) is 0 Å². The predicted molar refractivity (Wildman–Crippen MR) is 109 cm³/mol. The maximum atomic E-state index is 12.7. The summed E-state index contributed by atoms with van der Waals surface area (Å²) in [5.74, 6) is -0.849. The van der Waals surface area contributed by atoms with Crippen LogP contribution in [0.25, 0.3) is 6.08 Å². The Morgan fingerprint density at radius 1 is 1.17 bits per heavy atom. The van der Waals surface area contributed by atoms with Crippen molar-refractivity contribution in [2.45, 2.75) is 19.6 Å². The van der Waals surface area contributed by atoms with Crippen molar-refractivity contribution in [2.75, 3.05) is 7.11 Å². The summed E-state index contributed by atoms with van der Waals surface area (Å²) in [5, 5.41) is 8.66. The second-order valence-corrected chi connectivity index (χ2v) is 7.26. The number of hydrogen-bond donors (Lipinski definition) is 1. The molecule has 2 amide bonds. The van der Waals surface area contributed by atoms with Gasteiger partial charge in [0.2, 0.25) is 0 Å². The molecule has 0 saturated carbocycles. The number of nitrogens with zero attached hydrogens (tertiary/aromatic N) is 1. The highest BCUT2D eigenvalue weighted by molar-refractivity contribution is 8.18. The van der Waals surface area contributed by atoms with Gasteiger partial charge in [0.05, 0.1) is 18.6 Å². The number of benzene rings is 2. The number of carbonyl (C=O) groups is 3. The monoisotopic (exact) mass is 413 g/mol. The molecule has 3 rings (SSSR count). The van der Waals surface area contributed by atoms with E-state index in [1.807, 2.05) is 30.3 Å². The Bertz CT molecular complexity index is 972. The molecule has 29 heavy (non-hydrogen) atoms. The van der Waals surface area contributed by atoms with Gasteiger partial charge in [-0.25, -0.2) is 4.79 Å². The van der Waals surface area contributed by atoms with Crippen molar-refractivity contribution >= 4 is 35.0 Å². The van der Waals surface area contributed by atoms with E-state index in [4.69, 9.17) is 14.6 Å². The molecule has 1 N–H and O–H groups in total. The van der Waals surface area contributed by atoms with E-state index in [1.165, 1.54) is 18.9 Å². The lowest BCUT2D eigenvalue weighted by atomic mass is 10.1. The molecule has 8 heteroatoms. The summed E-state index contributed by atoms with van der Waals surface area (Å²) in [7, 11) is 1.44. The molecular formula is C21H19NO6S. The zero-order valence-corrected chi connectivity index (χ0v) is 16.6. The topological polar surface area (TPSA) is 93.1 Å². The number of amides is 2. The molecule has 0 spiro atoms. The molecule has 0 radical (unpaired) electrons. The van der Waals surface area contributed by atoms with E-state index in [9.17, 15) is 14.4 Å². The Labute approximate surface area is 171 Å². The first kappa shape index (κ1) is 20.5. The van der Waals surface area contributed by atoms with Crippen LogP contribution < -0.4 is 9.47 Å². The van der Waals surface area contributed by atoms with Gasteiger partial charge in [0.1, 0.15) is 0 Å². The summed E-state index contributed by atoms with van der Waals surface area (Å²) in [6.07, 6.45) is 0.562. The van der Waals surface area contributed by atoms with Gasteiger partial charge in [-0.3, -0.25) is 14.5 Å². The minimum Gasteiger partial charge on any atom is -0.493 e. The van der Waals surface area contributed by atoms with Crippen LogP contribution in [0.5, 0.6) is 11.5 Å². The maximum Gasteiger partial charge on any atom is 0.344 e. The van der Waals surface area contributed by atoms with Crippen LogP contribution in [0, 0.1) is 0 Å². The van der Waals surface area contributed by atoms with E-state index < -0.39 is 12.1 Å². The highest BCUT2D eigenvalue weighted by Crippen LogP contribution is 2.35. The molecule has 7 nitrogen and oxygen atoms in total. The Morgan fingerprint density at radius 3 is 2.55 bits per heavy atom. The molecule has 1 aliphatic heterocycles. The van der Waals surface area contributed by atoms with E-state index in [0.29, 0.717) is 16.2 Å². The minimum absolute atomic E-state index is 0.214. The Hall–Kier alpha value is -3.26. The Kier molecular flexibility index (Phi) is 6.23. The summed E-state index contributed by atoms with van der Waals surface area (Å²) in [6, 6.07) is 14.1. The number of carboxylic acid groups (broad SMARTS) is 1. The van der Waals surface area contributed by atoms with Crippen LogP contribution in [-0.2, 0) is 16.1 Å². The molecule has 2 aromatic carbocycles. The Balaban J connectivity index is 1.80. The number of methoxy groups -OCH3 is 1. The molecule has 1 saturated heterocycles. The molecular weight excluding hydrogens is 394 g/mol. The SMILES string of the molecule is COc1cc(/C=C2/SC(=O)N(Cc3ccccc3)C2=O)ccc1O[C@H](C)C(=O)O. The number of aliphatic carboxylic acids is 1. The first-order valence-corrected chi connectivity index (χ1v) is 9.57. The van der Waals surface area contributed by atoms with Gasteiger partial charge in [-0.05, 0) is 48.0 Å². The fourth-order valence-corrected chi connectivity index (χ4v) is 3.50. The first-order chi connectivity index (χ1) is 13.9. The number of ether oxygens (including phenoxy) is 2. The van der Waals surface area contributed by atoms with Crippen LogP contribution in [0.2, 0.25) is 0 Å². The fourth-order valence-electron chi connectivity index (χ4n) is 2.67. The predicted octanol–water partition coefficient (Wildman–Crippen LogP) is 3.78. The number of carboxylic acids is 1. The van der Waals surface area contributed by atoms with Gasteiger partial charge in [0.25, 0.3) is 11.1 Å². The third-order valence-corrected chi connectivity index (χ3v) is 5.10. The number of imide groups is 1. The van der Waals surface area contributed by atoms with Crippen molar-refractivity contribution in [1.29, 1.82) is 0 Å². The van der Waals surface area contributed by atoms with E-state index in [0.717, 1.165) is 17.3 Å². The molecule has 1 fully saturated rings. The highest BCUT2D eigenvalue weighted by atomic mass is 32.2. The van der Waals surface area contributed by atoms with Crippen LogP contribution in [0.4, 0.5) is 4.79 Å². The van der Waals surface area contributed by atoms with Crippen molar-refractivity contribution in [1.82, 2.24) is 4.90 Å². The molecule has 0 aromatic heterocycles. The lowest BCUT2D eigenvalue weighted by Gasteiger charge is -2.14. The molecule has 2 aromatic rings. The van der Waals surface area contributed by atoms with Crippen LogP contribution >= 0.6 is 11.8 Å². The smallest absolute Gasteiger partial charge is 0.344 e. The minimum atomic E-state index is -1.09. The van der Waals surface area contributed by atoms with Crippen LogP contribution in [0.1, 0.15) is 18.1 Å². The number of carbonyl (C=O) groups excluding carboxylic acids is 2. The molecule has 1 aliphatic rings. The molecule has 0 bridgehead atoms. The number of hydrogen-bond acceptors (Lipinski definition) is 6. The summed E-state index contributed by atoms with van der Waals surface area (Å²) < 4.78 is 10.6. The van der Waals surface area contributed by atoms with E-state index in [2.05, 4.69) is 0 Å². The largest absolute Gasteiger partial charge is 0.493 e. The van der Waals surface area contributed by atoms with Gasteiger partial charge in [0.15, 0.2) is 17.6 Å². The standard InChI is InChI=1S/C21H19NO6S/c1-13(20(24)25)28-16-9-8-15(10-17(16)27-2)11-18-19(23)22(21(26)29-18)12-14-6-4-3-5-7-14/h3-11,13H,12H2,1-2H3,(H,24,25)/b18-11+/t13-/m1/s1. The number of rotatable bonds is 7. The van der Waals surface area contributed by atoms with Crippen molar-refractivity contribution in [3.05, 3.63) is 64.6 Å². The number of thioether (sulfide) groups is 1. The van der Waals surface area contributed by atoms with Crippen molar-refractivity contribution in [3.8, 4) is 11.5 Å². The van der Waals surface area contributed by atoms with Gasteiger partial charge < -0.3 is 14.6 Å². The van der Waals surface area contributed by atoms with E-state index in [-0.39, 0.29) is 23.4 Å². The summed E-state index contributed by atoms with van der Waals surface area (Å²) in [5.41, 5.74) is 1.49. The van der Waals surface area contributed by atoms with Gasteiger partial charge >= 0.3 is 5.97 Å². The summed E-state index contributed by atoms with van der Waals surface area (Å²) in [6.45, 7) is 1.63. The van der Waals surface area contributed by atoms with E-state index >= 15 is 0 Å². The van der Waals surface area contributed by atoms with Crippen LogP contribution in [0.3, 0.4) is 0 Å². The Morgan fingerprint density at radius 2 is 1.90 bits per heavy atom. The zero-order chi connectivity index (χ0) is 21.0. The highest BCUT2D eigenvalue weighted by Gasteiger charge is 2.35. The first-order valence-electron chi connectivity index (χ1n) is 8.76. The van der Waals surface area contributed by atoms with Gasteiger partial charge in [-0.2, -0.15) is 0 Å². The molecule has 150 valence electrons. The van der Waals surface area contributed by atoms with Crippen molar-refractivity contribution < 1.29 is 29.0 Å². The average molecular weight is 413 g/mol. The van der Waals surface area contributed by atoms with Gasteiger partial charge in [-0.1, -0.05) is 36.4 Å². The van der Waals surface area contributed by atoms with Crippen LogP contribution in [0.15, 0.2) is 53.4 Å². The molecule has 0 unspecified atom stereocenters.